The van der Waals surface area contributed by atoms with Crippen LogP contribution in [0.3, 0.4) is 0 Å². The minimum Gasteiger partial charge on any atom is -0.337 e. The molecule has 0 radical (unpaired) electrons. The van der Waals surface area contributed by atoms with Gasteiger partial charge in [0.25, 0.3) is 17.7 Å². The van der Waals surface area contributed by atoms with E-state index in [1.807, 2.05) is 4.57 Å². The van der Waals surface area contributed by atoms with Crippen LogP contribution in [0.5, 0.6) is 0 Å². The summed E-state index contributed by atoms with van der Waals surface area (Å²) in [5, 5.41) is 0.482. The van der Waals surface area contributed by atoms with E-state index in [0.29, 0.717) is 37.1 Å². The van der Waals surface area contributed by atoms with Crippen molar-refractivity contribution in [3.8, 4) is 0 Å². The number of hydrogen-bond donors (Lipinski definition) is 0. The van der Waals surface area contributed by atoms with E-state index < -0.39 is 0 Å². The summed E-state index contributed by atoms with van der Waals surface area (Å²) in [6.45, 7) is 1.12. The molecule has 0 aliphatic carbocycles. The second-order valence-electron chi connectivity index (χ2n) is 8.01. The van der Waals surface area contributed by atoms with Crippen LogP contribution in [0.2, 0.25) is 10.2 Å². The first-order valence-corrected chi connectivity index (χ1v) is 11.3. The fraction of sp³-hybridized carbons (Fsp3) is 0.261. The molecule has 3 amide bonds. The Morgan fingerprint density at radius 2 is 1.67 bits per heavy atom. The molecular weight excluding hydrogens is 465 g/mol. The molecule has 1 fully saturated rings. The quantitative estimate of drug-likeness (QED) is 0.415. The first kappa shape index (κ1) is 21.6. The van der Waals surface area contributed by atoms with Crippen LogP contribution in [0.15, 0.2) is 48.8 Å². The van der Waals surface area contributed by atoms with Crippen LogP contribution >= 0.6 is 23.2 Å². The Hall–Kier alpha value is -3.23. The van der Waals surface area contributed by atoms with E-state index in [1.54, 1.807) is 53.7 Å². The highest BCUT2D eigenvalue weighted by Crippen LogP contribution is 2.30. The molecule has 10 heteroatoms. The molecule has 0 N–H and O–H groups in total. The number of piperidine rings is 1. The van der Waals surface area contributed by atoms with Gasteiger partial charge in [-0.2, -0.15) is 0 Å². The molecule has 0 bridgehead atoms. The Labute approximate surface area is 199 Å². The van der Waals surface area contributed by atoms with Gasteiger partial charge in [-0.3, -0.25) is 19.3 Å². The minimum atomic E-state index is -0.304. The summed E-state index contributed by atoms with van der Waals surface area (Å²) in [6, 6.07) is 9.93. The van der Waals surface area contributed by atoms with Gasteiger partial charge in [0.15, 0.2) is 0 Å². The topological polar surface area (TPSA) is 88.4 Å². The number of nitrogens with zero attached hydrogens (tertiary/aromatic N) is 5. The molecule has 168 valence electrons. The van der Waals surface area contributed by atoms with Crippen LogP contribution in [-0.4, -0.2) is 55.1 Å². The largest absolute Gasteiger partial charge is 0.337 e. The lowest BCUT2D eigenvalue weighted by Crippen LogP contribution is -2.39. The number of halogens is 2. The average molecular weight is 484 g/mol. The predicted octanol–water partition coefficient (Wildman–Crippen LogP) is 3.86. The van der Waals surface area contributed by atoms with Crippen LogP contribution in [-0.2, 0) is 6.67 Å². The molecular formula is C23H19Cl2N5O3. The maximum Gasteiger partial charge on any atom is 0.274 e. The molecule has 2 aliphatic rings. The van der Waals surface area contributed by atoms with Crippen molar-refractivity contribution in [2.24, 2.45) is 0 Å². The van der Waals surface area contributed by atoms with Gasteiger partial charge in [0.05, 0.1) is 16.1 Å². The molecule has 5 rings (SSSR count). The smallest absolute Gasteiger partial charge is 0.274 e. The molecule has 2 aliphatic heterocycles. The van der Waals surface area contributed by atoms with E-state index >= 15 is 0 Å². The van der Waals surface area contributed by atoms with E-state index in [9.17, 15) is 14.4 Å². The molecule has 8 nitrogen and oxygen atoms in total. The van der Waals surface area contributed by atoms with Crippen LogP contribution in [0, 0.1) is 0 Å². The molecule has 3 aromatic rings. The number of imide groups is 1. The van der Waals surface area contributed by atoms with Gasteiger partial charge in [-0.1, -0.05) is 35.3 Å². The third-order valence-electron chi connectivity index (χ3n) is 6.08. The standard InChI is InChI=1S/C23H19Cl2N5O3/c24-17-5-6-18(25)27-19(17)23(33)28-10-7-14(8-11-28)20-26-9-12-29(20)13-30-21(31)15-3-1-2-4-16(15)22(30)32/h1-6,9,12,14H,7-8,10-11,13H2. The zero-order chi connectivity index (χ0) is 23.1. The number of pyridine rings is 1. The number of imidazole rings is 1. The van der Waals surface area contributed by atoms with Crippen LogP contribution < -0.4 is 0 Å². The highest BCUT2D eigenvalue weighted by atomic mass is 35.5. The summed E-state index contributed by atoms with van der Waals surface area (Å²) in [7, 11) is 0. The summed E-state index contributed by atoms with van der Waals surface area (Å²) in [5.74, 6) is 0.0121. The number of likely N-dealkylation sites (tertiary alicyclic amines) is 1. The summed E-state index contributed by atoms with van der Waals surface area (Å²) < 4.78 is 1.83. The van der Waals surface area contributed by atoms with Crippen molar-refractivity contribution in [1.29, 1.82) is 0 Å². The normalized spacial score (nSPS) is 16.4. The lowest BCUT2D eigenvalue weighted by Gasteiger charge is -2.32. The van der Waals surface area contributed by atoms with Gasteiger partial charge in [-0.25, -0.2) is 9.97 Å². The van der Waals surface area contributed by atoms with Gasteiger partial charge in [-0.05, 0) is 37.1 Å². The zero-order valence-electron chi connectivity index (χ0n) is 17.4. The Morgan fingerprint density at radius 3 is 2.33 bits per heavy atom. The molecule has 1 saturated heterocycles. The Morgan fingerprint density at radius 1 is 1.00 bits per heavy atom. The Kier molecular flexibility index (Phi) is 5.64. The lowest BCUT2D eigenvalue weighted by molar-refractivity contribution is 0.0597. The van der Waals surface area contributed by atoms with Crippen LogP contribution in [0.1, 0.15) is 55.8 Å². The first-order chi connectivity index (χ1) is 15.9. The lowest BCUT2D eigenvalue weighted by atomic mass is 9.95. The maximum absolute atomic E-state index is 12.9. The van der Waals surface area contributed by atoms with E-state index in [1.165, 1.54) is 4.90 Å². The summed E-state index contributed by atoms with van der Waals surface area (Å²) in [6.07, 6.45) is 4.80. The molecule has 4 heterocycles. The van der Waals surface area contributed by atoms with Crippen LogP contribution in [0.4, 0.5) is 0 Å². The second kappa shape index (κ2) is 8.61. The van der Waals surface area contributed by atoms with Crippen molar-refractivity contribution in [3.63, 3.8) is 0 Å². The van der Waals surface area contributed by atoms with E-state index in [2.05, 4.69) is 9.97 Å². The van der Waals surface area contributed by atoms with Crippen molar-refractivity contribution in [2.45, 2.75) is 25.4 Å². The fourth-order valence-electron chi connectivity index (χ4n) is 4.38. The molecule has 0 atom stereocenters. The first-order valence-electron chi connectivity index (χ1n) is 10.5. The van der Waals surface area contributed by atoms with Crippen molar-refractivity contribution in [2.75, 3.05) is 13.1 Å². The fourth-order valence-corrected chi connectivity index (χ4v) is 4.71. The van der Waals surface area contributed by atoms with Gasteiger partial charge in [0.2, 0.25) is 0 Å². The number of rotatable bonds is 4. The maximum atomic E-state index is 12.9. The molecule has 0 unspecified atom stereocenters. The average Bonchev–Trinajstić information content (AvgIpc) is 3.39. The minimum absolute atomic E-state index is 0.0852. The number of carbonyl (C=O) groups excluding carboxylic acids is 3. The number of benzene rings is 1. The highest BCUT2D eigenvalue weighted by molar-refractivity contribution is 6.34. The van der Waals surface area contributed by atoms with Gasteiger partial charge >= 0.3 is 0 Å². The van der Waals surface area contributed by atoms with Gasteiger partial charge in [0, 0.05) is 31.4 Å². The Balaban J connectivity index is 1.27. The second-order valence-corrected chi connectivity index (χ2v) is 8.81. The number of carbonyl (C=O) groups is 3. The van der Waals surface area contributed by atoms with Crippen molar-refractivity contribution >= 4 is 40.9 Å². The van der Waals surface area contributed by atoms with E-state index in [0.717, 1.165) is 5.82 Å². The summed E-state index contributed by atoms with van der Waals surface area (Å²) in [4.78, 5) is 49.8. The molecule has 0 saturated carbocycles. The number of aromatic nitrogens is 3. The van der Waals surface area contributed by atoms with Crippen molar-refractivity contribution in [1.82, 2.24) is 24.3 Å². The van der Waals surface area contributed by atoms with Crippen LogP contribution in [0.25, 0.3) is 0 Å². The SMILES string of the molecule is O=C(c1nc(Cl)ccc1Cl)N1CCC(c2nccn2CN2C(=O)c3ccccc3C2=O)CC1. The summed E-state index contributed by atoms with van der Waals surface area (Å²) in [5.41, 5.74) is 0.989. The van der Waals surface area contributed by atoms with Gasteiger partial charge in [-0.15, -0.1) is 0 Å². The van der Waals surface area contributed by atoms with Gasteiger partial charge in [0.1, 0.15) is 23.3 Å². The van der Waals surface area contributed by atoms with Crippen molar-refractivity contribution < 1.29 is 14.4 Å². The monoisotopic (exact) mass is 483 g/mol. The van der Waals surface area contributed by atoms with E-state index in [-0.39, 0.29) is 46.2 Å². The molecule has 1 aromatic carbocycles. The van der Waals surface area contributed by atoms with Gasteiger partial charge < -0.3 is 9.47 Å². The molecule has 0 spiro atoms. The number of amides is 3. The van der Waals surface area contributed by atoms with Crippen molar-refractivity contribution in [3.05, 3.63) is 81.6 Å². The highest BCUT2D eigenvalue weighted by Gasteiger charge is 2.36. The third-order valence-corrected chi connectivity index (χ3v) is 6.60. The number of hydrogen-bond acceptors (Lipinski definition) is 5. The predicted molar refractivity (Wildman–Crippen MR) is 121 cm³/mol. The van der Waals surface area contributed by atoms with E-state index in [4.69, 9.17) is 23.2 Å². The third kappa shape index (κ3) is 3.89. The molecule has 33 heavy (non-hydrogen) atoms. The summed E-state index contributed by atoms with van der Waals surface area (Å²) >= 11 is 12.1. The molecule has 2 aromatic heterocycles. The number of fused-ring (bicyclic) bond motifs is 1. The zero-order valence-corrected chi connectivity index (χ0v) is 19.0. The Bertz CT molecular complexity index is 1230.